The van der Waals surface area contributed by atoms with Crippen molar-refractivity contribution in [2.45, 2.75) is 4.90 Å². The van der Waals surface area contributed by atoms with Crippen molar-refractivity contribution in [2.75, 3.05) is 40.4 Å². The molecule has 8 nitrogen and oxygen atoms in total. The second-order valence-corrected chi connectivity index (χ2v) is 9.88. The number of para-hydroxylation sites is 2. The number of aliphatic imine (C=N–C) groups is 1. The molecule has 0 N–H and O–H groups in total. The van der Waals surface area contributed by atoms with Crippen LogP contribution >= 0.6 is 0 Å². The van der Waals surface area contributed by atoms with E-state index in [1.54, 1.807) is 31.4 Å². The number of nitrogens with zero attached hydrogens (tertiary/aromatic N) is 3. The summed E-state index contributed by atoms with van der Waals surface area (Å²) in [6, 6.07) is 19.8. The summed E-state index contributed by atoms with van der Waals surface area (Å²) in [6.07, 6.45) is 0. The first-order valence-electron chi connectivity index (χ1n) is 10.9. The zero-order valence-electron chi connectivity index (χ0n) is 19.0. The highest BCUT2D eigenvalue weighted by atomic mass is 32.2. The molecule has 0 atom stereocenters. The van der Waals surface area contributed by atoms with Crippen LogP contribution in [0.5, 0.6) is 23.0 Å². The van der Waals surface area contributed by atoms with Crippen LogP contribution in [0.2, 0.25) is 0 Å². The summed E-state index contributed by atoms with van der Waals surface area (Å²) in [5.74, 6) is 3.29. The predicted molar refractivity (Wildman–Crippen MR) is 129 cm³/mol. The molecule has 3 aromatic rings. The van der Waals surface area contributed by atoms with Crippen LogP contribution in [0.3, 0.4) is 0 Å². The summed E-state index contributed by atoms with van der Waals surface area (Å²) in [5.41, 5.74) is 1.53. The van der Waals surface area contributed by atoms with Crippen molar-refractivity contribution in [3.05, 3.63) is 72.3 Å². The van der Waals surface area contributed by atoms with Crippen LogP contribution in [0.15, 0.2) is 76.6 Å². The van der Waals surface area contributed by atoms with Gasteiger partial charge in [-0.25, -0.2) is 13.4 Å². The SMILES string of the molecule is COc1cccc(S(=O)(=O)N2CCN(C3=Nc4ccccc4Oc4ccc(OC)cc43)CC2)c1. The highest BCUT2D eigenvalue weighted by molar-refractivity contribution is 7.89. The normalized spacial score (nSPS) is 15.9. The molecular formula is C25H25N3O5S. The number of hydrogen-bond acceptors (Lipinski definition) is 7. The molecule has 5 rings (SSSR count). The quantitative estimate of drug-likeness (QED) is 0.565. The van der Waals surface area contributed by atoms with E-state index in [1.165, 1.54) is 11.4 Å². The van der Waals surface area contributed by atoms with Gasteiger partial charge >= 0.3 is 0 Å². The number of methoxy groups -OCH3 is 2. The van der Waals surface area contributed by atoms with Gasteiger partial charge in [-0.15, -0.1) is 0 Å². The number of benzene rings is 3. The summed E-state index contributed by atoms with van der Waals surface area (Å²) in [5, 5.41) is 0. The molecule has 3 aromatic carbocycles. The summed E-state index contributed by atoms with van der Waals surface area (Å²) >= 11 is 0. The molecule has 0 unspecified atom stereocenters. The van der Waals surface area contributed by atoms with Crippen molar-refractivity contribution in [1.29, 1.82) is 0 Å². The van der Waals surface area contributed by atoms with E-state index in [1.807, 2.05) is 42.5 Å². The average Bonchev–Trinajstić information content (AvgIpc) is 3.05. The van der Waals surface area contributed by atoms with Gasteiger partial charge in [-0.1, -0.05) is 18.2 Å². The molecule has 0 amide bonds. The Kier molecular flexibility index (Phi) is 5.89. The van der Waals surface area contributed by atoms with Gasteiger partial charge in [0.25, 0.3) is 0 Å². The maximum Gasteiger partial charge on any atom is 0.243 e. The minimum absolute atomic E-state index is 0.226. The maximum atomic E-state index is 13.2. The molecular weight excluding hydrogens is 454 g/mol. The van der Waals surface area contributed by atoms with Crippen LogP contribution in [0, 0.1) is 0 Å². The third-order valence-corrected chi connectivity index (χ3v) is 7.85. The zero-order valence-corrected chi connectivity index (χ0v) is 19.8. The third-order valence-electron chi connectivity index (χ3n) is 5.96. The van der Waals surface area contributed by atoms with Crippen LogP contribution in [0.4, 0.5) is 5.69 Å². The minimum Gasteiger partial charge on any atom is -0.497 e. The molecule has 0 saturated carbocycles. The van der Waals surface area contributed by atoms with E-state index in [0.717, 1.165) is 17.1 Å². The molecule has 176 valence electrons. The van der Waals surface area contributed by atoms with Gasteiger partial charge in [0.15, 0.2) is 5.75 Å². The standard InChI is InChI=1S/C25H25N3O5S/c1-31-18-6-5-7-20(16-18)34(29,30)28-14-12-27(13-15-28)25-21-17-19(32-2)10-11-23(21)33-24-9-4-3-8-22(24)26-25/h3-11,16-17H,12-15H2,1-2H3. The van der Waals surface area contributed by atoms with Crippen LogP contribution < -0.4 is 14.2 Å². The highest BCUT2D eigenvalue weighted by Gasteiger charge is 2.32. The second kappa shape index (κ2) is 9.00. The second-order valence-electron chi connectivity index (χ2n) is 7.94. The molecule has 0 bridgehead atoms. The van der Waals surface area contributed by atoms with Gasteiger partial charge < -0.3 is 19.1 Å². The Morgan fingerprint density at radius 3 is 2.32 bits per heavy atom. The molecule has 2 aliphatic rings. The summed E-state index contributed by atoms with van der Waals surface area (Å²) < 4.78 is 44.8. The molecule has 34 heavy (non-hydrogen) atoms. The Bertz CT molecular complexity index is 1350. The van der Waals surface area contributed by atoms with E-state index >= 15 is 0 Å². The van der Waals surface area contributed by atoms with Crippen molar-refractivity contribution in [3.8, 4) is 23.0 Å². The van der Waals surface area contributed by atoms with Gasteiger partial charge in [0.2, 0.25) is 10.0 Å². The molecule has 1 fully saturated rings. The van der Waals surface area contributed by atoms with Crippen LogP contribution in [0.25, 0.3) is 0 Å². The Balaban J connectivity index is 1.44. The minimum atomic E-state index is -3.63. The number of rotatable bonds is 4. The summed E-state index contributed by atoms with van der Waals surface area (Å²) in [6.45, 7) is 1.64. The van der Waals surface area contributed by atoms with E-state index in [-0.39, 0.29) is 4.90 Å². The van der Waals surface area contributed by atoms with Crippen molar-refractivity contribution in [3.63, 3.8) is 0 Å². The number of piperazine rings is 1. The van der Waals surface area contributed by atoms with Gasteiger partial charge in [-0.2, -0.15) is 4.31 Å². The summed E-state index contributed by atoms with van der Waals surface area (Å²) in [4.78, 5) is 7.25. The average molecular weight is 480 g/mol. The lowest BCUT2D eigenvalue weighted by molar-refractivity contribution is 0.266. The Labute approximate surface area is 199 Å². The Hall–Kier alpha value is -3.56. The predicted octanol–water partition coefficient (Wildman–Crippen LogP) is 3.89. The molecule has 0 aromatic heterocycles. The molecule has 2 heterocycles. The van der Waals surface area contributed by atoms with E-state index in [9.17, 15) is 8.42 Å². The lowest BCUT2D eigenvalue weighted by Gasteiger charge is -2.36. The molecule has 0 aliphatic carbocycles. The lowest BCUT2D eigenvalue weighted by Crippen LogP contribution is -2.50. The fraction of sp³-hybridized carbons (Fsp3) is 0.240. The topological polar surface area (TPSA) is 80.7 Å². The summed E-state index contributed by atoms with van der Waals surface area (Å²) in [7, 11) is -0.495. The Morgan fingerprint density at radius 2 is 1.56 bits per heavy atom. The number of ether oxygens (including phenoxy) is 3. The monoisotopic (exact) mass is 479 g/mol. The van der Waals surface area contributed by atoms with Crippen molar-refractivity contribution < 1.29 is 22.6 Å². The molecule has 9 heteroatoms. The fourth-order valence-electron chi connectivity index (χ4n) is 4.12. The highest BCUT2D eigenvalue weighted by Crippen LogP contribution is 2.39. The number of amidine groups is 1. The van der Waals surface area contributed by atoms with Crippen LogP contribution in [-0.4, -0.2) is 63.9 Å². The number of sulfonamides is 1. The largest absolute Gasteiger partial charge is 0.497 e. The van der Waals surface area contributed by atoms with E-state index in [2.05, 4.69) is 4.90 Å². The van der Waals surface area contributed by atoms with Gasteiger partial charge in [-0.05, 0) is 42.5 Å². The smallest absolute Gasteiger partial charge is 0.243 e. The van der Waals surface area contributed by atoms with E-state index < -0.39 is 10.0 Å². The maximum absolute atomic E-state index is 13.2. The van der Waals surface area contributed by atoms with Gasteiger partial charge in [0.1, 0.15) is 28.8 Å². The first-order chi connectivity index (χ1) is 16.5. The van der Waals surface area contributed by atoms with Crippen molar-refractivity contribution in [1.82, 2.24) is 9.21 Å². The van der Waals surface area contributed by atoms with Crippen LogP contribution in [0.1, 0.15) is 5.56 Å². The van der Waals surface area contributed by atoms with Gasteiger partial charge in [0.05, 0.1) is 24.7 Å². The van der Waals surface area contributed by atoms with Gasteiger partial charge in [-0.3, -0.25) is 0 Å². The molecule has 1 saturated heterocycles. The third kappa shape index (κ3) is 4.08. The van der Waals surface area contributed by atoms with Crippen molar-refractivity contribution in [2.24, 2.45) is 4.99 Å². The van der Waals surface area contributed by atoms with Crippen molar-refractivity contribution >= 4 is 21.5 Å². The molecule has 0 radical (unpaired) electrons. The van der Waals surface area contributed by atoms with Gasteiger partial charge in [0, 0.05) is 32.2 Å². The first kappa shape index (κ1) is 22.2. The lowest BCUT2D eigenvalue weighted by atomic mass is 10.1. The Morgan fingerprint density at radius 1 is 0.824 bits per heavy atom. The zero-order chi connectivity index (χ0) is 23.7. The van der Waals surface area contributed by atoms with E-state index in [0.29, 0.717) is 49.2 Å². The molecule has 0 spiro atoms. The fourth-order valence-corrected chi connectivity index (χ4v) is 5.58. The number of fused-ring (bicyclic) bond motifs is 2. The molecule has 2 aliphatic heterocycles. The van der Waals surface area contributed by atoms with E-state index in [4.69, 9.17) is 19.2 Å². The first-order valence-corrected chi connectivity index (χ1v) is 12.4. The van der Waals surface area contributed by atoms with Crippen LogP contribution in [-0.2, 0) is 10.0 Å². The number of hydrogen-bond donors (Lipinski definition) is 0.